The first-order chi connectivity index (χ1) is 9.33. The number of alkyl halides is 3. The largest absolute Gasteiger partial charge is 0.389 e. The molecule has 0 aliphatic rings. The topological polar surface area (TPSA) is 58.2 Å². The maximum atomic E-state index is 12.0. The molecular formula is C13H15F3N2O2. The van der Waals surface area contributed by atoms with Crippen LogP contribution < -0.4 is 10.6 Å². The molecule has 1 aromatic rings. The van der Waals surface area contributed by atoms with E-state index in [2.05, 4.69) is 10.6 Å². The fourth-order valence-electron chi connectivity index (χ4n) is 1.58. The average molecular weight is 288 g/mol. The van der Waals surface area contributed by atoms with Crippen molar-refractivity contribution >= 4 is 11.8 Å². The molecule has 0 fully saturated rings. The van der Waals surface area contributed by atoms with Gasteiger partial charge in [-0.3, -0.25) is 9.59 Å². The van der Waals surface area contributed by atoms with E-state index in [1.165, 1.54) is 7.05 Å². The lowest BCUT2D eigenvalue weighted by atomic mass is 10.1. The lowest BCUT2D eigenvalue weighted by Crippen LogP contribution is -2.39. The average Bonchev–Trinajstić information content (AvgIpc) is 2.42. The highest BCUT2D eigenvalue weighted by Gasteiger charge is 2.29. The Morgan fingerprint density at radius 1 is 1.20 bits per heavy atom. The molecule has 0 unspecified atom stereocenters. The fraction of sp³-hybridized carbons (Fsp3) is 0.385. The number of carbonyl (C=O) groups is 2. The highest BCUT2D eigenvalue weighted by molar-refractivity contribution is 5.88. The smallest absolute Gasteiger partial charge is 0.357 e. The van der Waals surface area contributed by atoms with Crippen LogP contribution in [0.15, 0.2) is 30.3 Å². The Morgan fingerprint density at radius 2 is 1.80 bits per heavy atom. The summed E-state index contributed by atoms with van der Waals surface area (Å²) in [6.45, 7) is 0. The van der Waals surface area contributed by atoms with Crippen molar-refractivity contribution in [3.63, 3.8) is 0 Å². The highest BCUT2D eigenvalue weighted by atomic mass is 19.4. The Bertz CT molecular complexity index is 460. The Labute approximate surface area is 114 Å². The summed E-state index contributed by atoms with van der Waals surface area (Å²) >= 11 is 0. The third-order valence-electron chi connectivity index (χ3n) is 2.58. The van der Waals surface area contributed by atoms with E-state index in [1.54, 1.807) is 30.3 Å². The van der Waals surface area contributed by atoms with Gasteiger partial charge in [0.25, 0.3) is 0 Å². The number of likely N-dealkylation sites (N-methyl/N-ethyl adjacent to an activating group) is 1. The van der Waals surface area contributed by atoms with Crippen molar-refractivity contribution in [1.29, 1.82) is 0 Å². The van der Waals surface area contributed by atoms with Crippen LogP contribution in [0.1, 0.15) is 24.4 Å². The minimum Gasteiger partial charge on any atom is -0.357 e. The molecule has 0 aliphatic carbocycles. The standard InChI is InChI=1S/C13H15F3N2O2/c1-17-12(20)11(9-5-3-2-4-6-9)18-10(19)7-8-13(14,15)16/h2-6,11H,7-8H2,1H3,(H,17,20)(H,18,19)/t11-/m0/s1. The Kier molecular flexibility index (Phi) is 5.54. The van der Waals surface area contributed by atoms with Crippen molar-refractivity contribution in [2.45, 2.75) is 25.1 Å². The monoisotopic (exact) mass is 288 g/mol. The summed E-state index contributed by atoms with van der Waals surface area (Å²) in [6.07, 6.45) is -6.31. The van der Waals surface area contributed by atoms with Crippen LogP contribution in [-0.2, 0) is 9.59 Å². The normalized spacial score (nSPS) is 12.6. The van der Waals surface area contributed by atoms with E-state index in [0.717, 1.165) is 0 Å². The number of benzene rings is 1. The Morgan fingerprint density at radius 3 is 2.30 bits per heavy atom. The zero-order chi connectivity index (χ0) is 15.2. The first-order valence-corrected chi connectivity index (χ1v) is 5.96. The van der Waals surface area contributed by atoms with Crippen LogP contribution in [0.2, 0.25) is 0 Å². The van der Waals surface area contributed by atoms with Crippen molar-refractivity contribution in [2.24, 2.45) is 0 Å². The minimum absolute atomic E-state index is 0.489. The molecule has 0 saturated heterocycles. The van der Waals surface area contributed by atoms with Gasteiger partial charge in [-0.25, -0.2) is 0 Å². The molecule has 0 aromatic heterocycles. The van der Waals surface area contributed by atoms with Crippen LogP contribution in [0, 0.1) is 0 Å². The number of hydrogen-bond acceptors (Lipinski definition) is 2. The Hall–Kier alpha value is -2.05. The second-order valence-corrected chi connectivity index (χ2v) is 4.14. The van der Waals surface area contributed by atoms with Crippen LogP contribution in [0.5, 0.6) is 0 Å². The van der Waals surface area contributed by atoms with E-state index >= 15 is 0 Å². The summed E-state index contributed by atoms with van der Waals surface area (Å²) in [6, 6.07) is 7.31. The summed E-state index contributed by atoms with van der Waals surface area (Å²) in [7, 11) is 1.39. The summed E-state index contributed by atoms with van der Waals surface area (Å²) in [5.41, 5.74) is 0.507. The molecule has 0 spiro atoms. The van der Waals surface area contributed by atoms with Gasteiger partial charge in [0, 0.05) is 13.5 Å². The molecule has 2 amide bonds. The third kappa shape index (κ3) is 5.29. The molecule has 4 nitrogen and oxygen atoms in total. The molecular weight excluding hydrogens is 273 g/mol. The predicted octanol–water partition coefficient (Wildman–Crippen LogP) is 1.93. The minimum atomic E-state index is -4.40. The van der Waals surface area contributed by atoms with E-state index in [-0.39, 0.29) is 0 Å². The van der Waals surface area contributed by atoms with Gasteiger partial charge in [0.05, 0.1) is 6.42 Å². The molecule has 1 aromatic carbocycles. The number of carbonyl (C=O) groups excluding carboxylic acids is 2. The first-order valence-electron chi connectivity index (χ1n) is 5.96. The van der Waals surface area contributed by atoms with Crippen molar-refractivity contribution in [3.05, 3.63) is 35.9 Å². The number of nitrogens with one attached hydrogen (secondary N) is 2. The highest BCUT2D eigenvalue weighted by Crippen LogP contribution is 2.21. The van der Waals surface area contributed by atoms with Crippen LogP contribution in [0.25, 0.3) is 0 Å². The summed E-state index contributed by atoms with van der Waals surface area (Å²) in [5.74, 6) is -1.31. The van der Waals surface area contributed by atoms with Gasteiger partial charge in [0.1, 0.15) is 6.04 Å². The molecule has 7 heteroatoms. The summed E-state index contributed by atoms with van der Waals surface area (Å²) in [5, 5.41) is 4.67. The van der Waals surface area contributed by atoms with E-state index < -0.39 is 36.9 Å². The zero-order valence-electron chi connectivity index (χ0n) is 10.8. The SMILES string of the molecule is CNC(=O)[C@@H](NC(=O)CCC(F)(F)F)c1ccccc1. The quantitative estimate of drug-likeness (QED) is 0.870. The van der Waals surface area contributed by atoms with Gasteiger partial charge in [0.2, 0.25) is 11.8 Å². The molecule has 0 saturated carbocycles. The molecule has 1 rings (SSSR count). The number of rotatable bonds is 5. The first kappa shape index (κ1) is 16.0. The van der Waals surface area contributed by atoms with Crippen LogP contribution in [0.3, 0.4) is 0 Å². The number of hydrogen-bond donors (Lipinski definition) is 2. The van der Waals surface area contributed by atoms with Gasteiger partial charge in [-0.2, -0.15) is 13.2 Å². The van der Waals surface area contributed by atoms with E-state index in [1.807, 2.05) is 0 Å². The molecule has 20 heavy (non-hydrogen) atoms. The van der Waals surface area contributed by atoms with Gasteiger partial charge in [-0.1, -0.05) is 30.3 Å². The number of amides is 2. The molecule has 110 valence electrons. The van der Waals surface area contributed by atoms with E-state index in [9.17, 15) is 22.8 Å². The number of halogens is 3. The van der Waals surface area contributed by atoms with Gasteiger partial charge in [-0.05, 0) is 5.56 Å². The maximum absolute atomic E-state index is 12.0. The van der Waals surface area contributed by atoms with Gasteiger partial charge < -0.3 is 10.6 Å². The summed E-state index contributed by atoms with van der Waals surface area (Å²) < 4.78 is 36.1. The second-order valence-electron chi connectivity index (χ2n) is 4.14. The predicted molar refractivity (Wildman–Crippen MR) is 66.7 cm³/mol. The second kappa shape index (κ2) is 6.93. The third-order valence-corrected chi connectivity index (χ3v) is 2.58. The molecule has 0 radical (unpaired) electrons. The molecule has 0 aliphatic heterocycles. The van der Waals surface area contributed by atoms with Crippen molar-refractivity contribution < 1.29 is 22.8 Å². The lowest BCUT2D eigenvalue weighted by molar-refractivity contribution is -0.144. The van der Waals surface area contributed by atoms with Crippen molar-refractivity contribution in [2.75, 3.05) is 7.05 Å². The maximum Gasteiger partial charge on any atom is 0.389 e. The molecule has 0 bridgehead atoms. The van der Waals surface area contributed by atoms with Crippen molar-refractivity contribution in [3.8, 4) is 0 Å². The van der Waals surface area contributed by atoms with Crippen LogP contribution in [-0.4, -0.2) is 25.0 Å². The van der Waals surface area contributed by atoms with Gasteiger partial charge in [-0.15, -0.1) is 0 Å². The summed E-state index contributed by atoms with van der Waals surface area (Å²) in [4.78, 5) is 23.2. The van der Waals surface area contributed by atoms with Crippen LogP contribution >= 0.6 is 0 Å². The van der Waals surface area contributed by atoms with E-state index in [0.29, 0.717) is 5.56 Å². The molecule has 0 heterocycles. The lowest BCUT2D eigenvalue weighted by Gasteiger charge is -2.18. The van der Waals surface area contributed by atoms with Gasteiger partial charge >= 0.3 is 6.18 Å². The molecule has 1 atom stereocenters. The Balaban J connectivity index is 2.72. The van der Waals surface area contributed by atoms with Crippen molar-refractivity contribution in [1.82, 2.24) is 10.6 Å². The van der Waals surface area contributed by atoms with Crippen LogP contribution in [0.4, 0.5) is 13.2 Å². The zero-order valence-corrected chi connectivity index (χ0v) is 10.8. The van der Waals surface area contributed by atoms with E-state index in [4.69, 9.17) is 0 Å². The van der Waals surface area contributed by atoms with Gasteiger partial charge in [0.15, 0.2) is 0 Å². The fourth-order valence-corrected chi connectivity index (χ4v) is 1.58. The molecule has 2 N–H and O–H groups in total.